The van der Waals surface area contributed by atoms with E-state index in [-0.39, 0.29) is 31.1 Å². The summed E-state index contributed by atoms with van der Waals surface area (Å²) in [6.45, 7) is 6.53. The zero-order valence-corrected chi connectivity index (χ0v) is 54.8. The van der Waals surface area contributed by atoms with E-state index in [2.05, 4.69) is 93.7 Å². The highest BCUT2D eigenvalue weighted by atomic mass is 16.6. The van der Waals surface area contributed by atoms with Gasteiger partial charge in [-0.05, 0) is 89.9 Å². The summed E-state index contributed by atoms with van der Waals surface area (Å²) in [5.74, 6) is -0.912. The topological polar surface area (TPSA) is 78.9 Å². The van der Waals surface area contributed by atoms with Gasteiger partial charge in [-0.15, -0.1) is 0 Å². The highest BCUT2D eigenvalue weighted by Gasteiger charge is 2.19. The van der Waals surface area contributed by atoms with E-state index in [9.17, 15) is 14.4 Å². The fraction of sp³-hybridized carbons (Fsp3) is 0.803. The average Bonchev–Trinajstić information content (AvgIpc) is 3.47. The number of carbonyl (C=O) groups is 3. The van der Waals surface area contributed by atoms with E-state index < -0.39 is 6.10 Å². The Labute approximate surface area is 510 Å². The van der Waals surface area contributed by atoms with Crippen LogP contribution < -0.4 is 0 Å². The lowest BCUT2D eigenvalue weighted by atomic mass is 10.0. The molecule has 6 nitrogen and oxygen atoms in total. The molecule has 0 aromatic heterocycles. The van der Waals surface area contributed by atoms with Gasteiger partial charge < -0.3 is 14.2 Å². The lowest BCUT2D eigenvalue weighted by Gasteiger charge is -2.18. The molecule has 0 fully saturated rings. The molecule has 82 heavy (non-hydrogen) atoms. The van der Waals surface area contributed by atoms with E-state index in [0.29, 0.717) is 19.3 Å². The van der Waals surface area contributed by atoms with Crippen LogP contribution in [0.4, 0.5) is 0 Å². The molecule has 0 amide bonds. The van der Waals surface area contributed by atoms with Crippen molar-refractivity contribution in [3.05, 3.63) is 72.9 Å². The van der Waals surface area contributed by atoms with Crippen molar-refractivity contribution in [2.24, 2.45) is 0 Å². The van der Waals surface area contributed by atoms with Crippen LogP contribution in [0.5, 0.6) is 0 Å². The number of hydrogen-bond acceptors (Lipinski definition) is 6. The van der Waals surface area contributed by atoms with Crippen molar-refractivity contribution < 1.29 is 28.6 Å². The van der Waals surface area contributed by atoms with E-state index in [1.165, 1.54) is 225 Å². The van der Waals surface area contributed by atoms with Gasteiger partial charge in [0.15, 0.2) is 6.10 Å². The highest BCUT2D eigenvalue weighted by molar-refractivity contribution is 5.71. The van der Waals surface area contributed by atoms with Crippen LogP contribution in [0, 0.1) is 0 Å². The Morgan fingerprint density at radius 1 is 0.256 bits per heavy atom. The molecule has 0 radical (unpaired) electrons. The predicted molar refractivity (Wildman–Crippen MR) is 358 cm³/mol. The van der Waals surface area contributed by atoms with Gasteiger partial charge in [0.25, 0.3) is 0 Å². The summed E-state index contributed by atoms with van der Waals surface area (Å²) in [5.41, 5.74) is 0. The normalized spacial score (nSPS) is 12.5. The number of esters is 3. The molecular weight excluding hydrogens is 1010 g/mol. The monoisotopic (exact) mass is 1150 g/mol. The van der Waals surface area contributed by atoms with Crippen molar-refractivity contribution in [1.82, 2.24) is 0 Å². The fourth-order valence-electron chi connectivity index (χ4n) is 10.6. The molecule has 0 spiro atoms. The maximum Gasteiger partial charge on any atom is 0.306 e. The fourth-order valence-corrected chi connectivity index (χ4v) is 10.6. The maximum atomic E-state index is 12.9. The number of hydrogen-bond donors (Lipinski definition) is 0. The van der Waals surface area contributed by atoms with Crippen LogP contribution in [0.15, 0.2) is 72.9 Å². The van der Waals surface area contributed by atoms with Gasteiger partial charge >= 0.3 is 17.9 Å². The first-order valence-electron chi connectivity index (χ1n) is 35.9. The highest BCUT2D eigenvalue weighted by Crippen LogP contribution is 2.18. The molecule has 0 N–H and O–H groups in total. The lowest BCUT2D eigenvalue weighted by Crippen LogP contribution is -2.30. The third kappa shape index (κ3) is 67.6. The first kappa shape index (κ1) is 78.8. The van der Waals surface area contributed by atoms with Gasteiger partial charge in [-0.3, -0.25) is 14.4 Å². The quantitative estimate of drug-likeness (QED) is 0.0261. The van der Waals surface area contributed by atoms with E-state index in [0.717, 1.165) is 109 Å². The number of carbonyl (C=O) groups excluding carboxylic acids is 3. The molecular formula is C76H136O6. The zero-order chi connectivity index (χ0) is 59.2. The summed E-state index contributed by atoms with van der Waals surface area (Å²) in [6, 6.07) is 0. The van der Waals surface area contributed by atoms with Gasteiger partial charge in [0.05, 0.1) is 0 Å². The molecule has 1 unspecified atom stereocenters. The number of allylic oxidation sites excluding steroid dienone is 12. The third-order valence-electron chi connectivity index (χ3n) is 15.9. The Kier molecular flexibility index (Phi) is 67.6. The molecule has 0 aliphatic rings. The summed E-state index contributed by atoms with van der Waals surface area (Å²) < 4.78 is 16.9. The van der Waals surface area contributed by atoms with Gasteiger partial charge in [-0.2, -0.15) is 0 Å². The summed E-state index contributed by atoms with van der Waals surface area (Å²) in [6.07, 6.45) is 92.4. The summed E-state index contributed by atoms with van der Waals surface area (Å²) in [5, 5.41) is 0. The van der Waals surface area contributed by atoms with Crippen LogP contribution in [0.3, 0.4) is 0 Å². The molecule has 0 heterocycles. The molecule has 0 bridgehead atoms. The van der Waals surface area contributed by atoms with E-state index in [1.54, 1.807) is 0 Å². The van der Waals surface area contributed by atoms with Gasteiger partial charge in [-0.1, -0.05) is 338 Å². The standard InChI is InChI=1S/C76H136O6/c1-4-7-10-13-16-19-22-25-27-29-31-33-34-35-36-37-38-39-40-41-43-44-46-48-51-54-57-60-63-66-69-75(78)81-72-73(71-80-74(77)68-65-62-59-56-53-50-24-21-18-15-12-9-6-3)82-76(79)70-67-64-61-58-55-52-49-47-45-42-32-30-28-26-23-20-17-14-11-8-5-2/h9,12,18,21,23,26,30,32,45,47,50,53,73H,4-8,10-11,13-17,19-20,22,24-25,27-29,31,33-44,46,48-49,51-52,54-72H2,1-3H3/b12-9-,21-18-,26-23-,32-30-,47-45-,53-50-. The first-order chi connectivity index (χ1) is 40.5. The van der Waals surface area contributed by atoms with Crippen LogP contribution in [0.25, 0.3) is 0 Å². The molecule has 0 saturated heterocycles. The van der Waals surface area contributed by atoms with Crippen LogP contribution >= 0.6 is 0 Å². The average molecular weight is 1150 g/mol. The minimum atomic E-state index is -0.795. The second kappa shape index (κ2) is 70.3. The molecule has 0 rings (SSSR count). The first-order valence-corrected chi connectivity index (χ1v) is 35.9. The van der Waals surface area contributed by atoms with Crippen molar-refractivity contribution in [3.8, 4) is 0 Å². The summed E-state index contributed by atoms with van der Waals surface area (Å²) >= 11 is 0. The number of ether oxygens (including phenoxy) is 3. The van der Waals surface area contributed by atoms with Crippen molar-refractivity contribution in [2.75, 3.05) is 13.2 Å². The number of unbranched alkanes of at least 4 members (excludes halogenated alkanes) is 43. The van der Waals surface area contributed by atoms with Gasteiger partial charge in [0.1, 0.15) is 13.2 Å². The van der Waals surface area contributed by atoms with Gasteiger partial charge in [0.2, 0.25) is 0 Å². The zero-order valence-electron chi connectivity index (χ0n) is 54.8. The molecule has 1 atom stereocenters. The van der Waals surface area contributed by atoms with Gasteiger partial charge in [-0.25, -0.2) is 0 Å². The molecule has 0 aromatic rings. The Morgan fingerprint density at radius 2 is 0.476 bits per heavy atom. The summed E-state index contributed by atoms with van der Waals surface area (Å²) in [7, 11) is 0. The Bertz CT molecular complexity index is 1500. The van der Waals surface area contributed by atoms with Crippen molar-refractivity contribution in [3.63, 3.8) is 0 Å². The number of rotatable bonds is 66. The van der Waals surface area contributed by atoms with E-state index >= 15 is 0 Å². The Balaban J connectivity index is 4.22. The van der Waals surface area contributed by atoms with Crippen LogP contribution in [-0.2, 0) is 28.6 Å². The van der Waals surface area contributed by atoms with Crippen molar-refractivity contribution in [1.29, 1.82) is 0 Å². The molecule has 0 saturated carbocycles. The second-order valence-corrected chi connectivity index (χ2v) is 24.1. The van der Waals surface area contributed by atoms with Gasteiger partial charge in [0, 0.05) is 19.3 Å². The minimum absolute atomic E-state index is 0.0875. The maximum absolute atomic E-state index is 12.9. The Hall–Kier alpha value is -3.15. The predicted octanol–water partition coefficient (Wildman–Crippen LogP) is 24.8. The molecule has 0 aliphatic carbocycles. The van der Waals surface area contributed by atoms with Crippen LogP contribution in [0.2, 0.25) is 0 Å². The van der Waals surface area contributed by atoms with E-state index in [4.69, 9.17) is 14.2 Å². The largest absolute Gasteiger partial charge is 0.462 e. The SMILES string of the molecule is CC/C=C\C/C=C\C/C=C\CCCCCC(=O)OCC(COC(=O)CCCCCCCCCCCCCCCCCCCCCCCCCCCCCCCC)OC(=O)CCCCCCCC/C=C\C/C=C\C/C=C\CCCCCCC. The Morgan fingerprint density at radius 3 is 0.756 bits per heavy atom. The molecule has 0 aromatic carbocycles. The van der Waals surface area contributed by atoms with Crippen LogP contribution in [-0.4, -0.2) is 37.2 Å². The summed E-state index contributed by atoms with van der Waals surface area (Å²) in [4.78, 5) is 38.4. The second-order valence-electron chi connectivity index (χ2n) is 24.1. The van der Waals surface area contributed by atoms with E-state index in [1.807, 2.05) is 0 Å². The smallest absolute Gasteiger partial charge is 0.306 e. The van der Waals surface area contributed by atoms with Crippen molar-refractivity contribution in [2.45, 2.75) is 380 Å². The lowest BCUT2D eigenvalue weighted by molar-refractivity contribution is -0.167. The molecule has 6 heteroatoms. The van der Waals surface area contributed by atoms with Crippen molar-refractivity contribution >= 4 is 17.9 Å². The third-order valence-corrected chi connectivity index (χ3v) is 15.9. The minimum Gasteiger partial charge on any atom is -0.462 e. The molecule has 0 aliphatic heterocycles. The van der Waals surface area contributed by atoms with Crippen LogP contribution in [0.1, 0.15) is 374 Å². The molecule has 476 valence electrons.